The van der Waals surface area contributed by atoms with Crippen LogP contribution in [0.25, 0.3) is 0 Å². The fraction of sp³-hybridized carbons (Fsp3) is 0.400. The van der Waals surface area contributed by atoms with Crippen molar-refractivity contribution in [3.8, 4) is 0 Å². The van der Waals surface area contributed by atoms with E-state index in [1.165, 1.54) is 7.11 Å². The maximum atomic E-state index is 10.8. The molecule has 0 N–H and O–H groups in total. The third kappa shape index (κ3) is 3.69. The van der Waals surface area contributed by atoms with E-state index in [1.807, 2.05) is 26.8 Å². The first-order valence-corrected chi connectivity index (χ1v) is 4.25. The minimum atomic E-state index is -0.398. The zero-order chi connectivity index (χ0) is 10.3. The van der Waals surface area contributed by atoms with Gasteiger partial charge < -0.3 is 4.74 Å². The summed E-state index contributed by atoms with van der Waals surface area (Å²) in [5, 5.41) is 0. The second-order valence-corrected chi connectivity index (χ2v) is 2.21. The van der Waals surface area contributed by atoms with Crippen LogP contribution in [0.15, 0.2) is 18.3 Å². The topological polar surface area (TPSA) is 39.2 Å². The molecule has 0 amide bonds. The number of carbonyl (C=O) groups is 1. The van der Waals surface area contributed by atoms with Crippen LogP contribution in [0.4, 0.5) is 0 Å². The van der Waals surface area contributed by atoms with Gasteiger partial charge in [0, 0.05) is 6.20 Å². The molecular formula is C10H15NO2. The quantitative estimate of drug-likeness (QED) is 0.623. The molecular weight excluding hydrogens is 166 g/mol. The van der Waals surface area contributed by atoms with Gasteiger partial charge in [-0.2, -0.15) is 0 Å². The molecule has 13 heavy (non-hydrogen) atoms. The molecule has 0 aromatic carbocycles. The van der Waals surface area contributed by atoms with E-state index in [9.17, 15) is 4.79 Å². The highest BCUT2D eigenvalue weighted by atomic mass is 16.5. The molecule has 0 fully saturated rings. The number of ether oxygens (including phenoxy) is 1. The summed E-state index contributed by atoms with van der Waals surface area (Å²) in [5.74, 6) is -0.398. The molecule has 0 bridgehead atoms. The fourth-order valence-electron chi connectivity index (χ4n) is 0.693. The highest BCUT2D eigenvalue weighted by Crippen LogP contribution is 1.99. The van der Waals surface area contributed by atoms with Gasteiger partial charge in [-0.1, -0.05) is 19.9 Å². The average molecular weight is 181 g/mol. The van der Waals surface area contributed by atoms with Crippen LogP contribution in [0.3, 0.4) is 0 Å². The average Bonchev–Trinajstić information content (AvgIpc) is 2.21. The number of hydrogen-bond donors (Lipinski definition) is 0. The maximum Gasteiger partial charge on any atom is 0.356 e. The first kappa shape index (κ1) is 11.6. The lowest BCUT2D eigenvalue weighted by Gasteiger charge is -1.96. The Hall–Kier alpha value is -1.38. The third-order valence-corrected chi connectivity index (χ3v) is 1.31. The predicted molar refractivity (Wildman–Crippen MR) is 51.7 cm³/mol. The van der Waals surface area contributed by atoms with Crippen molar-refractivity contribution >= 4 is 5.97 Å². The highest BCUT2D eigenvalue weighted by molar-refractivity contribution is 5.86. The number of carbonyl (C=O) groups excluding carboxylic acids is 1. The van der Waals surface area contributed by atoms with Crippen LogP contribution in [0.1, 0.15) is 29.9 Å². The summed E-state index contributed by atoms with van der Waals surface area (Å²) in [6, 6.07) is 3.46. The maximum absolute atomic E-state index is 10.8. The molecule has 0 radical (unpaired) electrons. The van der Waals surface area contributed by atoms with E-state index >= 15 is 0 Å². The summed E-state index contributed by atoms with van der Waals surface area (Å²) in [6.07, 6.45) is 1.63. The molecule has 0 saturated carbocycles. The second kappa shape index (κ2) is 6.17. The van der Waals surface area contributed by atoms with Gasteiger partial charge in [0.1, 0.15) is 5.69 Å². The Morgan fingerprint density at radius 3 is 2.38 bits per heavy atom. The molecule has 0 aliphatic rings. The minimum Gasteiger partial charge on any atom is -0.464 e. The fourth-order valence-corrected chi connectivity index (χ4v) is 0.693. The van der Waals surface area contributed by atoms with Crippen LogP contribution in [0.2, 0.25) is 0 Å². The molecule has 1 heterocycles. The van der Waals surface area contributed by atoms with Gasteiger partial charge in [0.25, 0.3) is 0 Å². The van der Waals surface area contributed by atoms with Crippen LogP contribution in [-0.4, -0.2) is 18.1 Å². The van der Waals surface area contributed by atoms with Crippen molar-refractivity contribution in [1.29, 1.82) is 0 Å². The van der Waals surface area contributed by atoms with Gasteiger partial charge in [-0.05, 0) is 18.6 Å². The Balaban J connectivity index is 0.000000671. The number of rotatable bonds is 1. The van der Waals surface area contributed by atoms with Crippen molar-refractivity contribution in [2.75, 3.05) is 7.11 Å². The van der Waals surface area contributed by atoms with E-state index in [-0.39, 0.29) is 0 Å². The summed E-state index contributed by atoms with van der Waals surface area (Å²) in [5.41, 5.74) is 1.37. The summed E-state index contributed by atoms with van der Waals surface area (Å²) >= 11 is 0. The number of nitrogens with zero attached hydrogens (tertiary/aromatic N) is 1. The molecule has 0 unspecified atom stereocenters. The summed E-state index contributed by atoms with van der Waals surface area (Å²) in [7, 11) is 1.34. The molecule has 1 aromatic rings. The van der Waals surface area contributed by atoms with Crippen LogP contribution in [-0.2, 0) is 4.74 Å². The van der Waals surface area contributed by atoms with E-state index in [4.69, 9.17) is 0 Å². The first-order chi connectivity index (χ1) is 6.24. The summed E-state index contributed by atoms with van der Waals surface area (Å²) in [6.45, 7) is 5.91. The lowest BCUT2D eigenvalue weighted by atomic mass is 10.3. The van der Waals surface area contributed by atoms with E-state index in [2.05, 4.69) is 9.72 Å². The monoisotopic (exact) mass is 181 g/mol. The molecule has 0 atom stereocenters. The van der Waals surface area contributed by atoms with Crippen molar-refractivity contribution in [3.63, 3.8) is 0 Å². The van der Waals surface area contributed by atoms with Gasteiger partial charge in [-0.3, -0.25) is 0 Å². The smallest absolute Gasteiger partial charge is 0.356 e. The van der Waals surface area contributed by atoms with Gasteiger partial charge in [0.15, 0.2) is 0 Å². The van der Waals surface area contributed by atoms with E-state index < -0.39 is 5.97 Å². The van der Waals surface area contributed by atoms with Gasteiger partial charge in [-0.15, -0.1) is 0 Å². The lowest BCUT2D eigenvalue weighted by molar-refractivity contribution is 0.0594. The standard InChI is InChI=1S/C8H9NO2.C2H6/c1-6-3-4-7(9-5-6)8(10)11-2;1-2/h3-5H,1-2H3;1-2H3. The Bertz CT molecular complexity index is 254. The number of aryl methyl sites for hydroxylation is 1. The molecule has 72 valence electrons. The first-order valence-electron chi connectivity index (χ1n) is 4.25. The van der Waals surface area contributed by atoms with Crippen LogP contribution in [0, 0.1) is 6.92 Å². The largest absolute Gasteiger partial charge is 0.464 e. The van der Waals surface area contributed by atoms with Gasteiger partial charge in [-0.25, -0.2) is 9.78 Å². The number of pyridine rings is 1. The van der Waals surface area contributed by atoms with E-state index in [0.717, 1.165) is 5.56 Å². The Kier molecular flexibility index (Phi) is 5.52. The molecule has 1 aromatic heterocycles. The van der Waals surface area contributed by atoms with Crippen molar-refractivity contribution in [3.05, 3.63) is 29.6 Å². The summed E-state index contributed by atoms with van der Waals surface area (Å²) in [4.78, 5) is 14.7. The van der Waals surface area contributed by atoms with Crippen molar-refractivity contribution in [1.82, 2.24) is 4.98 Å². The van der Waals surface area contributed by atoms with Gasteiger partial charge in [0.2, 0.25) is 0 Å². The Labute approximate surface area is 78.8 Å². The zero-order valence-electron chi connectivity index (χ0n) is 8.50. The van der Waals surface area contributed by atoms with E-state index in [0.29, 0.717) is 5.69 Å². The van der Waals surface area contributed by atoms with Crippen molar-refractivity contribution < 1.29 is 9.53 Å². The number of aromatic nitrogens is 1. The predicted octanol–water partition coefficient (Wildman–Crippen LogP) is 2.20. The number of hydrogen-bond acceptors (Lipinski definition) is 3. The SMILES string of the molecule is CC.COC(=O)c1ccc(C)cn1. The zero-order valence-corrected chi connectivity index (χ0v) is 8.50. The van der Waals surface area contributed by atoms with Crippen LogP contribution < -0.4 is 0 Å². The lowest BCUT2D eigenvalue weighted by Crippen LogP contribution is -2.03. The van der Waals surface area contributed by atoms with Crippen LogP contribution in [0.5, 0.6) is 0 Å². The number of esters is 1. The minimum absolute atomic E-state index is 0.345. The molecule has 3 nitrogen and oxygen atoms in total. The molecule has 0 spiro atoms. The molecule has 0 aliphatic carbocycles. The third-order valence-electron chi connectivity index (χ3n) is 1.31. The highest BCUT2D eigenvalue weighted by Gasteiger charge is 2.04. The van der Waals surface area contributed by atoms with E-state index in [1.54, 1.807) is 12.3 Å². The normalized spacial score (nSPS) is 8.31. The van der Waals surface area contributed by atoms with Gasteiger partial charge >= 0.3 is 5.97 Å². The Morgan fingerprint density at radius 2 is 2.00 bits per heavy atom. The van der Waals surface area contributed by atoms with Gasteiger partial charge in [0.05, 0.1) is 7.11 Å². The molecule has 3 heteroatoms. The molecule has 0 saturated heterocycles. The molecule has 0 aliphatic heterocycles. The summed E-state index contributed by atoms with van der Waals surface area (Å²) < 4.78 is 4.47. The second-order valence-electron chi connectivity index (χ2n) is 2.21. The van der Waals surface area contributed by atoms with Crippen molar-refractivity contribution in [2.24, 2.45) is 0 Å². The molecule has 1 rings (SSSR count). The Morgan fingerprint density at radius 1 is 1.38 bits per heavy atom. The van der Waals surface area contributed by atoms with Crippen molar-refractivity contribution in [2.45, 2.75) is 20.8 Å². The number of methoxy groups -OCH3 is 1. The van der Waals surface area contributed by atoms with Crippen LogP contribution >= 0.6 is 0 Å².